The number of carbonyl (C=O) groups is 2. The van der Waals surface area contributed by atoms with Gasteiger partial charge in [-0.2, -0.15) is 0 Å². The minimum absolute atomic E-state index is 0.00353. The van der Waals surface area contributed by atoms with Crippen molar-refractivity contribution in [3.63, 3.8) is 0 Å². The molecule has 5 nitrogen and oxygen atoms in total. The van der Waals surface area contributed by atoms with Crippen LogP contribution >= 0.6 is 0 Å². The van der Waals surface area contributed by atoms with E-state index in [9.17, 15) is 9.59 Å². The van der Waals surface area contributed by atoms with Crippen molar-refractivity contribution in [1.82, 2.24) is 10.2 Å². The van der Waals surface area contributed by atoms with Gasteiger partial charge in [-0.15, -0.1) is 0 Å². The molecule has 1 aromatic carbocycles. The first-order chi connectivity index (χ1) is 12.0. The zero-order valence-corrected chi connectivity index (χ0v) is 15.2. The number of carbonyl (C=O) groups excluding carboxylic acids is 2. The lowest BCUT2D eigenvalue weighted by molar-refractivity contribution is -0.141. The molecule has 0 radical (unpaired) electrons. The van der Waals surface area contributed by atoms with Crippen LogP contribution in [-0.2, 0) is 16.1 Å². The standard InChI is InChI=1S/C20H28N2O3/c1-3-25-17-10-8-15(9-11-17)14-22-18(23)12-13-20(22,2)19(24)21-16-6-4-5-7-16/h8-11,16H,3-7,12-14H2,1-2H3,(H,21,24)/t20-/m0/s1. The van der Waals surface area contributed by atoms with Gasteiger partial charge in [-0.25, -0.2) is 0 Å². The molecule has 0 aromatic heterocycles. The molecule has 1 N–H and O–H groups in total. The Hall–Kier alpha value is -2.04. The lowest BCUT2D eigenvalue weighted by Crippen LogP contribution is -2.55. The van der Waals surface area contributed by atoms with Gasteiger partial charge in [-0.3, -0.25) is 9.59 Å². The Balaban J connectivity index is 1.70. The van der Waals surface area contributed by atoms with Gasteiger partial charge in [0.1, 0.15) is 11.3 Å². The van der Waals surface area contributed by atoms with Crippen LogP contribution < -0.4 is 10.1 Å². The zero-order valence-electron chi connectivity index (χ0n) is 15.2. The van der Waals surface area contributed by atoms with Crippen molar-refractivity contribution in [2.75, 3.05) is 6.61 Å². The topological polar surface area (TPSA) is 58.6 Å². The van der Waals surface area contributed by atoms with Crippen molar-refractivity contribution in [2.45, 2.75) is 70.5 Å². The van der Waals surface area contributed by atoms with Crippen LogP contribution in [0.25, 0.3) is 0 Å². The fourth-order valence-corrected chi connectivity index (χ4v) is 3.85. The number of benzene rings is 1. The minimum Gasteiger partial charge on any atom is -0.494 e. The molecule has 25 heavy (non-hydrogen) atoms. The Morgan fingerprint density at radius 3 is 2.60 bits per heavy atom. The van der Waals surface area contributed by atoms with Crippen molar-refractivity contribution >= 4 is 11.8 Å². The van der Waals surface area contributed by atoms with Crippen LogP contribution in [0.3, 0.4) is 0 Å². The second-order valence-electron chi connectivity index (χ2n) is 7.29. The summed E-state index contributed by atoms with van der Waals surface area (Å²) in [6.07, 6.45) is 5.48. The van der Waals surface area contributed by atoms with E-state index in [1.54, 1.807) is 4.90 Å². The summed E-state index contributed by atoms with van der Waals surface area (Å²) in [5.41, 5.74) is 0.261. The molecule has 1 aromatic rings. The molecule has 3 rings (SSSR count). The SMILES string of the molecule is CCOc1ccc(CN2C(=O)CC[C@@]2(C)C(=O)NC2CCCC2)cc1. The summed E-state index contributed by atoms with van der Waals surface area (Å²) in [5, 5.41) is 3.17. The summed E-state index contributed by atoms with van der Waals surface area (Å²) in [7, 11) is 0. The maximum absolute atomic E-state index is 12.9. The summed E-state index contributed by atoms with van der Waals surface area (Å²) in [4.78, 5) is 27.1. The maximum Gasteiger partial charge on any atom is 0.245 e. The molecular formula is C20H28N2O3. The van der Waals surface area contributed by atoms with Crippen LogP contribution in [0.1, 0.15) is 57.9 Å². The second-order valence-corrected chi connectivity index (χ2v) is 7.29. The minimum atomic E-state index is -0.752. The van der Waals surface area contributed by atoms with Gasteiger partial charge in [0.05, 0.1) is 6.61 Å². The molecule has 0 spiro atoms. The average Bonchev–Trinajstić information content (AvgIpc) is 3.21. The Kier molecular flexibility index (Phi) is 5.30. The van der Waals surface area contributed by atoms with E-state index >= 15 is 0 Å². The molecule has 1 aliphatic carbocycles. The molecule has 1 saturated heterocycles. The third-order valence-electron chi connectivity index (χ3n) is 5.48. The van der Waals surface area contributed by atoms with Crippen LogP contribution in [0.5, 0.6) is 5.75 Å². The highest BCUT2D eigenvalue weighted by atomic mass is 16.5. The van der Waals surface area contributed by atoms with Gasteiger partial charge >= 0.3 is 0 Å². The van der Waals surface area contributed by atoms with Gasteiger partial charge in [0.2, 0.25) is 11.8 Å². The van der Waals surface area contributed by atoms with Crippen molar-refractivity contribution in [1.29, 1.82) is 0 Å². The largest absolute Gasteiger partial charge is 0.494 e. The van der Waals surface area contributed by atoms with Gasteiger partial charge in [0.25, 0.3) is 0 Å². The molecule has 5 heteroatoms. The van der Waals surface area contributed by atoms with Crippen molar-refractivity contribution < 1.29 is 14.3 Å². The normalized spacial score (nSPS) is 23.9. The number of amides is 2. The van der Waals surface area contributed by atoms with Gasteiger partial charge in [-0.1, -0.05) is 25.0 Å². The Morgan fingerprint density at radius 1 is 1.28 bits per heavy atom. The zero-order chi connectivity index (χ0) is 17.9. The number of ether oxygens (including phenoxy) is 1. The fraction of sp³-hybridized carbons (Fsp3) is 0.600. The number of likely N-dealkylation sites (tertiary alicyclic amines) is 1. The third kappa shape index (κ3) is 3.80. The highest BCUT2D eigenvalue weighted by Crippen LogP contribution is 2.33. The van der Waals surface area contributed by atoms with Gasteiger partial charge in [0.15, 0.2) is 0 Å². The second kappa shape index (κ2) is 7.46. The maximum atomic E-state index is 12.9. The van der Waals surface area contributed by atoms with E-state index in [0.717, 1.165) is 24.2 Å². The van der Waals surface area contributed by atoms with E-state index in [1.165, 1.54) is 12.8 Å². The number of nitrogens with one attached hydrogen (secondary N) is 1. The van der Waals surface area contributed by atoms with Crippen molar-refractivity contribution in [3.05, 3.63) is 29.8 Å². The molecule has 1 atom stereocenters. The lowest BCUT2D eigenvalue weighted by atomic mass is 9.96. The predicted molar refractivity (Wildman–Crippen MR) is 96.2 cm³/mol. The van der Waals surface area contributed by atoms with E-state index in [4.69, 9.17) is 4.74 Å². The van der Waals surface area contributed by atoms with Gasteiger partial charge in [0, 0.05) is 19.0 Å². The molecule has 1 aliphatic heterocycles. The van der Waals surface area contributed by atoms with E-state index in [1.807, 2.05) is 38.1 Å². The molecule has 1 heterocycles. The predicted octanol–water partition coefficient (Wildman–Crippen LogP) is 3.03. The Labute approximate surface area is 149 Å². The summed E-state index contributed by atoms with van der Waals surface area (Å²) in [6, 6.07) is 8.02. The first-order valence-corrected chi connectivity index (χ1v) is 9.36. The van der Waals surface area contributed by atoms with E-state index in [2.05, 4.69) is 5.32 Å². The first-order valence-electron chi connectivity index (χ1n) is 9.36. The first kappa shape index (κ1) is 17.8. The highest BCUT2D eigenvalue weighted by molar-refractivity contribution is 5.94. The van der Waals surface area contributed by atoms with Crippen molar-refractivity contribution in [2.24, 2.45) is 0 Å². The van der Waals surface area contributed by atoms with E-state index < -0.39 is 5.54 Å². The van der Waals surface area contributed by atoms with Crippen LogP contribution in [0.4, 0.5) is 0 Å². The number of nitrogens with zero attached hydrogens (tertiary/aromatic N) is 1. The van der Waals surface area contributed by atoms with Crippen LogP contribution in [0.15, 0.2) is 24.3 Å². The smallest absolute Gasteiger partial charge is 0.245 e. The lowest BCUT2D eigenvalue weighted by Gasteiger charge is -2.35. The molecule has 136 valence electrons. The summed E-state index contributed by atoms with van der Waals surface area (Å²) >= 11 is 0. The fourth-order valence-electron chi connectivity index (χ4n) is 3.85. The Morgan fingerprint density at radius 2 is 1.96 bits per heavy atom. The molecule has 2 aliphatic rings. The summed E-state index contributed by atoms with van der Waals surface area (Å²) in [5.74, 6) is 0.870. The Bertz CT molecular complexity index is 622. The number of hydrogen-bond acceptors (Lipinski definition) is 3. The molecule has 2 amide bonds. The van der Waals surface area contributed by atoms with Crippen LogP contribution in [0.2, 0.25) is 0 Å². The van der Waals surface area contributed by atoms with Gasteiger partial charge in [-0.05, 0) is 50.8 Å². The molecule has 1 saturated carbocycles. The number of rotatable bonds is 6. The van der Waals surface area contributed by atoms with Gasteiger partial charge < -0.3 is 15.0 Å². The quantitative estimate of drug-likeness (QED) is 0.863. The molecule has 0 unspecified atom stereocenters. The summed E-state index contributed by atoms with van der Waals surface area (Å²) in [6.45, 7) is 4.94. The van der Waals surface area contributed by atoms with Crippen molar-refractivity contribution in [3.8, 4) is 5.75 Å². The van der Waals surface area contributed by atoms with Crippen LogP contribution in [-0.4, -0.2) is 34.9 Å². The van der Waals surface area contributed by atoms with E-state index in [0.29, 0.717) is 26.0 Å². The summed E-state index contributed by atoms with van der Waals surface area (Å²) < 4.78 is 5.46. The van der Waals surface area contributed by atoms with Crippen LogP contribution in [0, 0.1) is 0 Å². The molecule has 0 bridgehead atoms. The monoisotopic (exact) mass is 344 g/mol. The molecule has 2 fully saturated rings. The third-order valence-corrected chi connectivity index (χ3v) is 5.48. The highest BCUT2D eigenvalue weighted by Gasteiger charge is 2.47. The molecular weight excluding hydrogens is 316 g/mol. The number of hydrogen-bond donors (Lipinski definition) is 1. The van der Waals surface area contributed by atoms with E-state index in [-0.39, 0.29) is 17.9 Å². The average molecular weight is 344 g/mol.